The van der Waals surface area contributed by atoms with E-state index in [1.54, 1.807) is 22.2 Å². The molecule has 0 fully saturated rings. The van der Waals surface area contributed by atoms with E-state index in [0.29, 0.717) is 32.5 Å². The molecule has 124 valence electrons. The lowest BCUT2D eigenvalue weighted by atomic mass is 10.3. The molecule has 0 unspecified atom stereocenters. The summed E-state index contributed by atoms with van der Waals surface area (Å²) in [6, 6.07) is 8.05. The van der Waals surface area contributed by atoms with Gasteiger partial charge in [0.2, 0.25) is 5.91 Å². The van der Waals surface area contributed by atoms with E-state index >= 15 is 0 Å². The first kappa shape index (κ1) is 15.3. The van der Waals surface area contributed by atoms with Gasteiger partial charge in [-0.05, 0) is 12.1 Å². The third-order valence-corrected chi connectivity index (χ3v) is 5.39. The summed E-state index contributed by atoms with van der Waals surface area (Å²) in [4.78, 5) is 18.9. The molecule has 0 atom stereocenters. The van der Waals surface area contributed by atoms with Crippen LogP contribution < -0.4 is 0 Å². The van der Waals surface area contributed by atoms with Crippen molar-refractivity contribution in [2.24, 2.45) is 0 Å². The lowest BCUT2D eigenvalue weighted by molar-refractivity contribution is -0.131. The molecule has 1 aliphatic rings. The molecule has 0 spiro atoms. The summed E-state index contributed by atoms with van der Waals surface area (Å²) < 4.78 is 2.95. The highest BCUT2D eigenvalue weighted by molar-refractivity contribution is 7.18. The number of para-hydroxylation sites is 1. The van der Waals surface area contributed by atoms with E-state index in [2.05, 4.69) is 16.1 Å². The van der Waals surface area contributed by atoms with Crippen LogP contribution in [-0.4, -0.2) is 37.3 Å². The van der Waals surface area contributed by atoms with Crippen LogP contribution in [0.4, 0.5) is 0 Å². The van der Waals surface area contributed by atoms with E-state index < -0.39 is 0 Å². The second-order valence-corrected chi connectivity index (χ2v) is 7.00. The van der Waals surface area contributed by atoms with E-state index in [4.69, 9.17) is 5.11 Å². The van der Waals surface area contributed by atoms with Crippen LogP contribution in [0.2, 0.25) is 0 Å². The molecule has 3 aromatic rings. The second-order valence-electron chi connectivity index (χ2n) is 5.89. The number of fused-ring (bicyclic) bond motifs is 2. The Kier molecular flexibility index (Phi) is 4.03. The highest BCUT2D eigenvalue weighted by atomic mass is 32.1. The molecule has 0 bridgehead atoms. The first-order chi connectivity index (χ1) is 11.7. The van der Waals surface area contributed by atoms with Gasteiger partial charge in [0.05, 0.1) is 46.8 Å². The number of hydrogen-bond donors (Lipinski definition) is 1. The molecule has 0 saturated heterocycles. The van der Waals surface area contributed by atoms with Crippen molar-refractivity contribution in [2.75, 3.05) is 6.61 Å². The van der Waals surface area contributed by atoms with Crippen molar-refractivity contribution < 1.29 is 9.90 Å². The fourth-order valence-corrected chi connectivity index (χ4v) is 4.04. The van der Waals surface area contributed by atoms with E-state index in [1.807, 2.05) is 23.1 Å². The van der Waals surface area contributed by atoms with Gasteiger partial charge in [0.25, 0.3) is 0 Å². The molecular weight excluding hydrogens is 324 g/mol. The second kappa shape index (κ2) is 6.33. The number of thiazole rings is 1. The van der Waals surface area contributed by atoms with Crippen molar-refractivity contribution in [3.8, 4) is 0 Å². The average molecular weight is 342 g/mol. The molecule has 6 nitrogen and oxygen atoms in total. The maximum atomic E-state index is 12.5. The Balaban J connectivity index is 1.38. The quantitative estimate of drug-likeness (QED) is 0.769. The summed E-state index contributed by atoms with van der Waals surface area (Å²) in [6.45, 7) is 1.72. The van der Waals surface area contributed by atoms with Gasteiger partial charge < -0.3 is 10.0 Å². The molecule has 1 aromatic carbocycles. The lowest BCUT2D eigenvalue weighted by Crippen LogP contribution is -2.26. The van der Waals surface area contributed by atoms with Crippen LogP contribution in [0.15, 0.2) is 30.5 Å². The van der Waals surface area contributed by atoms with Gasteiger partial charge in [-0.1, -0.05) is 12.1 Å². The van der Waals surface area contributed by atoms with Gasteiger partial charge in [0.15, 0.2) is 0 Å². The molecule has 0 aliphatic carbocycles. The smallest absolute Gasteiger partial charge is 0.223 e. The van der Waals surface area contributed by atoms with Crippen molar-refractivity contribution in [1.82, 2.24) is 19.7 Å². The van der Waals surface area contributed by atoms with Crippen LogP contribution in [0.5, 0.6) is 0 Å². The molecule has 4 rings (SSSR count). The molecule has 1 aliphatic heterocycles. The number of carbonyl (C=O) groups is 1. The minimum absolute atomic E-state index is 0.0552. The third kappa shape index (κ3) is 2.81. The van der Waals surface area contributed by atoms with Crippen molar-refractivity contribution >= 4 is 27.5 Å². The van der Waals surface area contributed by atoms with Gasteiger partial charge in [-0.3, -0.25) is 9.48 Å². The number of aliphatic hydroxyl groups excluding tert-OH is 1. The minimum Gasteiger partial charge on any atom is -0.394 e. The number of hydrogen-bond acceptors (Lipinski definition) is 5. The number of aromatic nitrogens is 3. The van der Waals surface area contributed by atoms with E-state index in [9.17, 15) is 4.79 Å². The van der Waals surface area contributed by atoms with Crippen LogP contribution >= 0.6 is 11.3 Å². The number of aryl methyl sites for hydroxylation is 1. The predicted octanol–water partition coefficient (Wildman–Crippen LogP) is 1.96. The van der Waals surface area contributed by atoms with Gasteiger partial charge in [-0.25, -0.2) is 4.98 Å². The molecule has 0 saturated carbocycles. The van der Waals surface area contributed by atoms with Gasteiger partial charge in [-0.2, -0.15) is 5.10 Å². The number of carbonyl (C=O) groups excluding carboxylic acids is 1. The van der Waals surface area contributed by atoms with Gasteiger partial charge >= 0.3 is 0 Å². The summed E-state index contributed by atoms with van der Waals surface area (Å²) in [5.74, 6) is 0.140. The van der Waals surface area contributed by atoms with E-state index in [0.717, 1.165) is 26.5 Å². The monoisotopic (exact) mass is 342 g/mol. The average Bonchev–Trinajstić information content (AvgIpc) is 3.27. The molecule has 0 radical (unpaired) electrons. The molecule has 3 heterocycles. The highest BCUT2D eigenvalue weighted by Crippen LogP contribution is 2.25. The number of rotatable bonds is 5. The molecular formula is C17H18N4O2S. The Hall–Kier alpha value is -2.25. The van der Waals surface area contributed by atoms with Crippen molar-refractivity contribution in [2.45, 2.75) is 32.5 Å². The van der Waals surface area contributed by atoms with Gasteiger partial charge in [0.1, 0.15) is 0 Å². The SMILES string of the molecule is O=C(CCc1nc2ccccc2s1)N1Cc2cnn(CCO)c2C1. The fraction of sp³-hybridized carbons (Fsp3) is 0.353. The Morgan fingerprint density at radius 1 is 1.29 bits per heavy atom. The molecule has 2 aromatic heterocycles. The minimum atomic E-state index is 0.0552. The molecule has 7 heteroatoms. The lowest BCUT2D eigenvalue weighted by Gasteiger charge is -2.15. The largest absolute Gasteiger partial charge is 0.394 e. The number of nitrogens with zero attached hydrogens (tertiary/aromatic N) is 4. The first-order valence-electron chi connectivity index (χ1n) is 8.01. The zero-order valence-electron chi connectivity index (χ0n) is 13.2. The number of aliphatic hydroxyl groups is 1. The third-order valence-electron chi connectivity index (χ3n) is 4.29. The Morgan fingerprint density at radius 3 is 3.00 bits per heavy atom. The standard InChI is InChI=1S/C17H18N4O2S/c22-8-7-21-14-11-20(10-12(14)9-18-21)17(23)6-5-16-19-13-3-1-2-4-15(13)24-16/h1-4,9,22H,5-8,10-11H2. The first-order valence-corrected chi connectivity index (χ1v) is 8.83. The van der Waals surface area contributed by atoms with E-state index in [1.165, 1.54) is 0 Å². The number of amides is 1. The van der Waals surface area contributed by atoms with Crippen LogP contribution in [0.1, 0.15) is 22.7 Å². The molecule has 24 heavy (non-hydrogen) atoms. The Bertz CT molecular complexity index is 853. The van der Waals surface area contributed by atoms with Gasteiger partial charge in [0, 0.05) is 24.9 Å². The van der Waals surface area contributed by atoms with Crippen LogP contribution in [0.3, 0.4) is 0 Å². The van der Waals surface area contributed by atoms with Crippen LogP contribution in [0.25, 0.3) is 10.2 Å². The Labute approximate surface area is 143 Å². The number of benzene rings is 1. The van der Waals surface area contributed by atoms with Crippen molar-refractivity contribution in [3.63, 3.8) is 0 Å². The van der Waals surface area contributed by atoms with Crippen LogP contribution in [-0.2, 0) is 30.8 Å². The fourth-order valence-electron chi connectivity index (χ4n) is 3.07. The summed E-state index contributed by atoms with van der Waals surface area (Å²) in [6.07, 6.45) is 2.94. The summed E-state index contributed by atoms with van der Waals surface area (Å²) in [7, 11) is 0. The summed E-state index contributed by atoms with van der Waals surface area (Å²) >= 11 is 1.66. The Morgan fingerprint density at radius 2 is 2.17 bits per heavy atom. The molecule has 1 N–H and O–H groups in total. The topological polar surface area (TPSA) is 71.2 Å². The maximum absolute atomic E-state index is 12.5. The molecule has 1 amide bonds. The maximum Gasteiger partial charge on any atom is 0.223 e. The van der Waals surface area contributed by atoms with Crippen molar-refractivity contribution in [3.05, 3.63) is 46.7 Å². The summed E-state index contributed by atoms with van der Waals surface area (Å²) in [5.41, 5.74) is 3.12. The zero-order valence-corrected chi connectivity index (χ0v) is 14.0. The zero-order chi connectivity index (χ0) is 16.5. The van der Waals surface area contributed by atoms with Gasteiger partial charge in [-0.15, -0.1) is 11.3 Å². The normalized spacial score (nSPS) is 13.6. The summed E-state index contributed by atoms with van der Waals surface area (Å²) in [5, 5.41) is 14.3. The van der Waals surface area contributed by atoms with Crippen molar-refractivity contribution in [1.29, 1.82) is 0 Å². The predicted molar refractivity (Wildman–Crippen MR) is 91.5 cm³/mol. The van der Waals surface area contributed by atoms with Crippen LogP contribution in [0, 0.1) is 0 Å². The van der Waals surface area contributed by atoms with E-state index in [-0.39, 0.29) is 12.5 Å². The highest BCUT2D eigenvalue weighted by Gasteiger charge is 2.26.